The van der Waals surface area contributed by atoms with E-state index in [0.717, 1.165) is 4.90 Å². The van der Waals surface area contributed by atoms with Crippen LogP contribution < -0.4 is 0 Å². The zero-order chi connectivity index (χ0) is 7.78. The maximum absolute atomic E-state index is 12.4. The predicted molar refractivity (Wildman–Crippen MR) is 28.4 cm³/mol. The Labute approximate surface area is 56.6 Å². The highest BCUT2D eigenvalue weighted by Gasteiger charge is 2.47. The monoisotopic (exact) mass is 155 g/mol. The Morgan fingerprint density at radius 2 is 2.20 bits per heavy atom. The van der Waals surface area contributed by atoms with Gasteiger partial charge in [0.1, 0.15) is 0 Å². The van der Waals surface area contributed by atoms with Gasteiger partial charge in [-0.1, -0.05) is 0 Å². The molecular formula is C5H8F3NO. The van der Waals surface area contributed by atoms with Gasteiger partial charge in [-0.3, -0.25) is 4.90 Å². The van der Waals surface area contributed by atoms with Crippen molar-refractivity contribution in [3.63, 3.8) is 0 Å². The number of hydrogen-bond acceptors (Lipinski definition) is 2. The third-order valence-electron chi connectivity index (χ3n) is 1.40. The quantitative estimate of drug-likeness (QED) is 0.480. The normalized spacial score (nSPS) is 34.2. The van der Waals surface area contributed by atoms with Gasteiger partial charge < -0.3 is 4.74 Å². The highest BCUT2D eigenvalue weighted by Crippen LogP contribution is 2.27. The lowest BCUT2D eigenvalue weighted by Gasteiger charge is -2.32. The number of ether oxygens (including phenoxy) is 1. The molecule has 1 saturated heterocycles. The molecule has 0 N–H and O–H groups in total. The minimum absolute atomic E-state index is 0.121. The first-order valence-electron chi connectivity index (χ1n) is 2.90. The number of nitrogens with zero attached hydrogens (tertiary/aromatic N) is 1. The number of rotatable bonds is 0. The summed E-state index contributed by atoms with van der Waals surface area (Å²) in [7, 11) is 1.29. The Bertz CT molecular complexity index is 130. The van der Waals surface area contributed by atoms with Crippen LogP contribution in [0.3, 0.4) is 0 Å². The van der Waals surface area contributed by atoms with Gasteiger partial charge in [0, 0.05) is 6.54 Å². The fourth-order valence-corrected chi connectivity index (χ4v) is 0.764. The highest BCUT2D eigenvalue weighted by atomic mass is 19.3. The topological polar surface area (TPSA) is 12.5 Å². The third kappa shape index (κ3) is 1.24. The molecule has 0 aliphatic carbocycles. The second-order valence-corrected chi connectivity index (χ2v) is 2.23. The van der Waals surface area contributed by atoms with Gasteiger partial charge in [0.05, 0.1) is 6.61 Å². The first-order valence-corrected chi connectivity index (χ1v) is 2.90. The summed E-state index contributed by atoms with van der Waals surface area (Å²) in [6.45, 7) is 0.0840. The van der Waals surface area contributed by atoms with Crippen LogP contribution in [-0.4, -0.2) is 37.5 Å². The molecule has 1 atom stereocenters. The zero-order valence-corrected chi connectivity index (χ0v) is 5.48. The number of halogens is 3. The standard InChI is InChI=1S/C5H8F3NO/c1-9-2-3-10-5(7,8)4(9)6/h4H,2-3H2,1H3. The van der Waals surface area contributed by atoms with Crippen LogP contribution in [-0.2, 0) is 4.74 Å². The van der Waals surface area contributed by atoms with Crippen molar-refractivity contribution in [2.24, 2.45) is 0 Å². The summed E-state index contributed by atoms with van der Waals surface area (Å²) >= 11 is 0. The molecule has 1 unspecified atom stereocenters. The molecule has 1 aliphatic rings. The largest absolute Gasteiger partial charge is 0.400 e. The lowest BCUT2D eigenvalue weighted by molar-refractivity contribution is -0.323. The van der Waals surface area contributed by atoms with Crippen molar-refractivity contribution >= 4 is 0 Å². The van der Waals surface area contributed by atoms with E-state index in [1.807, 2.05) is 0 Å². The van der Waals surface area contributed by atoms with E-state index in [-0.39, 0.29) is 13.2 Å². The van der Waals surface area contributed by atoms with Crippen molar-refractivity contribution in [3.8, 4) is 0 Å². The molecule has 0 bridgehead atoms. The third-order valence-corrected chi connectivity index (χ3v) is 1.40. The maximum atomic E-state index is 12.4. The fraction of sp³-hybridized carbons (Fsp3) is 1.00. The van der Waals surface area contributed by atoms with Gasteiger partial charge in [-0.15, -0.1) is 0 Å². The number of hydrogen-bond donors (Lipinski definition) is 0. The summed E-state index contributed by atoms with van der Waals surface area (Å²) in [6.07, 6.45) is -5.94. The van der Waals surface area contributed by atoms with Gasteiger partial charge in [-0.2, -0.15) is 8.78 Å². The van der Waals surface area contributed by atoms with Crippen molar-refractivity contribution in [3.05, 3.63) is 0 Å². The van der Waals surface area contributed by atoms with Crippen molar-refractivity contribution < 1.29 is 17.9 Å². The summed E-state index contributed by atoms with van der Waals surface area (Å²) in [5.41, 5.74) is 0. The lowest BCUT2D eigenvalue weighted by atomic mass is 10.4. The summed E-state index contributed by atoms with van der Waals surface area (Å²) in [5.74, 6) is 0. The molecule has 0 aromatic carbocycles. The predicted octanol–water partition coefficient (Wildman–Crippen LogP) is 0.837. The Morgan fingerprint density at radius 3 is 2.60 bits per heavy atom. The molecule has 1 fully saturated rings. The van der Waals surface area contributed by atoms with Crippen LogP contribution in [0.25, 0.3) is 0 Å². The van der Waals surface area contributed by atoms with E-state index in [9.17, 15) is 13.2 Å². The number of morpholine rings is 1. The highest BCUT2D eigenvalue weighted by molar-refractivity contribution is 4.71. The Morgan fingerprint density at radius 1 is 1.60 bits per heavy atom. The van der Waals surface area contributed by atoms with Crippen molar-refractivity contribution in [2.75, 3.05) is 20.2 Å². The minimum Gasteiger partial charge on any atom is -0.316 e. The average Bonchev–Trinajstić information content (AvgIpc) is 1.83. The van der Waals surface area contributed by atoms with Gasteiger partial charge in [0.2, 0.25) is 6.30 Å². The van der Waals surface area contributed by atoms with E-state index < -0.39 is 12.4 Å². The van der Waals surface area contributed by atoms with Gasteiger partial charge >= 0.3 is 6.11 Å². The summed E-state index contributed by atoms with van der Waals surface area (Å²) < 4.78 is 40.7. The van der Waals surface area contributed by atoms with E-state index in [1.54, 1.807) is 0 Å². The Balaban J connectivity index is 2.60. The molecule has 0 saturated carbocycles. The molecule has 2 nitrogen and oxygen atoms in total. The number of alkyl halides is 3. The molecular weight excluding hydrogens is 147 g/mol. The summed E-state index contributed by atoms with van der Waals surface area (Å²) in [5, 5.41) is 0. The Hall–Kier alpha value is -0.290. The van der Waals surface area contributed by atoms with E-state index in [1.165, 1.54) is 7.05 Å². The van der Waals surface area contributed by atoms with Crippen LogP contribution in [0.4, 0.5) is 13.2 Å². The first-order chi connectivity index (χ1) is 4.54. The molecule has 5 heteroatoms. The second kappa shape index (κ2) is 2.39. The van der Waals surface area contributed by atoms with E-state index in [4.69, 9.17) is 0 Å². The lowest BCUT2D eigenvalue weighted by Crippen LogP contribution is -2.51. The van der Waals surface area contributed by atoms with Crippen LogP contribution >= 0.6 is 0 Å². The maximum Gasteiger partial charge on any atom is 0.400 e. The molecule has 1 heterocycles. The molecule has 0 aromatic rings. The smallest absolute Gasteiger partial charge is 0.316 e. The molecule has 0 radical (unpaired) electrons. The Kier molecular flexibility index (Phi) is 1.87. The van der Waals surface area contributed by atoms with Gasteiger partial charge in [-0.05, 0) is 7.05 Å². The van der Waals surface area contributed by atoms with E-state index >= 15 is 0 Å². The fourth-order valence-electron chi connectivity index (χ4n) is 0.764. The molecule has 0 aromatic heterocycles. The molecule has 10 heavy (non-hydrogen) atoms. The van der Waals surface area contributed by atoms with E-state index in [0.29, 0.717) is 0 Å². The molecule has 0 amide bonds. The van der Waals surface area contributed by atoms with Crippen molar-refractivity contribution in [2.45, 2.75) is 12.4 Å². The zero-order valence-electron chi connectivity index (χ0n) is 5.48. The molecule has 1 rings (SSSR count). The molecule has 0 spiro atoms. The van der Waals surface area contributed by atoms with Crippen LogP contribution in [0.15, 0.2) is 0 Å². The average molecular weight is 155 g/mol. The first kappa shape index (κ1) is 7.81. The van der Waals surface area contributed by atoms with Crippen molar-refractivity contribution in [1.82, 2.24) is 4.90 Å². The molecule has 60 valence electrons. The van der Waals surface area contributed by atoms with Crippen LogP contribution in [0.5, 0.6) is 0 Å². The van der Waals surface area contributed by atoms with Gasteiger partial charge in [0.25, 0.3) is 0 Å². The van der Waals surface area contributed by atoms with E-state index in [2.05, 4.69) is 4.74 Å². The summed E-state index contributed by atoms with van der Waals surface area (Å²) in [4.78, 5) is 0.920. The minimum atomic E-state index is -3.63. The number of likely N-dealkylation sites (N-methyl/N-ethyl adjacent to an activating group) is 1. The molecule has 1 aliphatic heterocycles. The van der Waals surface area contributed by atoms with Crippen LogP contribution in [0.1, 0.15) is 0 Å². The second-order valence-electron chi connectivity index (χ2n) is 2.23. The van der Waals surface area contributed by atoms with Crippen LogP contribution in [0, 0.1) is 0 Å². The van der Waals surface area contributed by atoms with Crippen LogP contribution in [0.2, 0.25) is 0 Å². The van der Waals surface area contributed by atoms with Crippen molar-refractivity contribution in [1.29, 1.82) is 0 Å². The SMILES string of the molecule is CN1CCOC(F)(F)C1F. The summed E-state index contributed by atoms with van der Waals surface area (Å²) in [6, 6.07) is 0. The van der Waals surface area contributed by atoms with Gasteiger partial charge in [-0.25, -0.2) is 4.39 Å². The van der Waals surface area contributed by atoms with Gasteiger partial charge in [0.15, 0.2) is 0 Å².